The molecule has 3 unspecified atom stereocenters. The fourth-order valence-electron chi connectivity index (χ4n) is 2.31. The first-order valence-corrected chi connectivity index (χ1v) is 6.45. The summed E-state index contributed by atoms with van der Waals surface area (Å²) in [5.41, 5.74) is -0.938. The zero-order valence-corrected chi connectivity index (χ0v) is 11.6. The third-order valence-corrected chi connectivity index (χ3v) is 3.35. The van der Waals surface area contributed by atoms with Crippen molar-refractivity contribution in [3.8, 4) is 0 Å². The molecule has 1 aliphatic heterocycles. The lowest BCUT2D eigenvalue weighted by Gasteiger charge is -2.28. The molecule has 1 amide bonds. The summed E-state index contributed by atoms with van der Waals surface area (Å²) in [6, 6.07) is 0. The second-order valence-electron chi connectivity index (χ2n) is 5.14. The summed E-state index contributed by atoms with van der Waals surface area (Å²) in [4.78, 5) is 23.9. The largest absolute Gasteiger partial charge is 0.467 e. The average molecular weight is 257 g/mol. The third kappa shape index (κ3) is 3.45. The lowest BCUT2D eigenvalue weighted by Crippen LogP contribution is -2.54. The average Bonchev–Trinajstić information content (AvgIpc) is 2.75. The van der Waals surface area contributed by atoms with E-state index < -0.39 is 11.5 Å². The van der Waals surface area contributed by atoms with Crippen molar-refractivity contribution in [2.75, 3.05) is 13.7 Å². The quantitative estimate of drug-likeness (QED) is 0.753. The van der Waals surface area contributed by atoms with Gasteiger partial charge in [0, 0.05) is 0 Å². The maximum absolute atomic E-state index is 12.1. The first-order valence-electron chi connectivity index (χ1n) is 6.45. The molecule has 1 aliphatic rings. The number of carbonyl (C=O) groups is 2. The van der Waals surface area contributed by atoms with E-state index in [-0.39, 0.29) is 17.9 Å². The second kappa shape index (κ2) is 6.18. The summed E-state index contributed by atoms with van der Waals surface area (Å²) in [5.74, 6) is -0.689. The molecule has 1 saturated heterocycles. The number of ether oxygens (including phenoxy) is 2. The summed E-state index contributed by atoms with van der Waals surface area (Å²) in [6.07, 6.45) is 2.17. The van der Waals surface area contributed by atoms with Crippen molar-refractivity contribution in [3.05, 3.63) is 0 Å². The smallest absolute Gasteiger partial charge is 0.331 e. The van der Waals surface area contributed by atoms with Crippen molar-refractivity contribution in [1.29, 1.82) is 0 Å². The number of esters is 1. The molecular formula is C13H23NO4. The number of rotatable bonds is 5. The SMILES string of the molecule is CCCC(C)(NC(=O)C1COC(C)C1)C(=O)OC. The van der Waals surface area contributed by atoms with Crippen LogP contribution < -0.4 is 5.32 Å². The van der Waals surface area contributed by atoms with E-state index in [1.54, 1.807) is 6.92 Å². The van der Waals surface area contributed by atoms with Gasteiger partial charge in [-0.3, -0.25) is 4.79 Å². The Morgan fingerprint density at radius 1 is 1.50 bits per heavy atom. The van der Waals surface area contributed by atoms with Gasteiger partial charge < -0.3 is 14.8 Å². The minimum absolute atomic E-state index is 0.108. The molecule has 1 N–H and O–H groups in total. The van der Waals surface area contributed by atoms with Crippen LogP contribution >= 0.6 is 0 Å². The Balaban J connectivity index is 2.66. The molecule has 0 bridgehead atoms. The number of carbonyl (C=O) groups excluding carboxylic acids is 2. The Kier molecular flexibility index (Phi) is 5.14. The van der Waals surface area contributed by atoms with Crippen molar-refractivity contribution in [2.45, 2.75) is 51.7 Å². The van der Waals surface area contributed by atoms with Crippen LogP contribution in [0.1, 0.15) is 40.0 Å². The molecule has 104 valence electrons. The van der Waals surface area contributed by atoms with Crippen molar-refractivity contribution < 1.29 is 19.1 Å². The molecular weight excluding hydrogens is 234 g/mol. The van der Waals surface area contributed by atoms with Crippen molar-refractivity contribution in [3.63, 3.8) is 0 Å². The van der Waals surface area contributed by atoms with Gasteiger partial charge in [-0.15, -0.1) is 0 Å². The molecule has 0 aromatic carbocycles. The minimum atomic E-state index is -0.938. The van der Waals surface area contributed by atoms with Crippen LogP contribution in [-0.2, 0) is 19.1 Å². The predicted molar refractivity (Wildman–Crippen MR) is 67.0 cm³/mol. The second-order valence-corrected chi connectivity index (χ2v) is 5.14. The van der Waals surface area contributed by atoms with Crippen LogP contribution in [0.4, 0.5) is 0 Å². The van der Waals surface area contributed by atoms with E-state index in [0.29, 0.717) is 19.4 Å². The van der Waals surface area contributed by atoms with Crippen LogP contribution in [0.3, 0.4) is 0 Å². The minimum Gasteiger partial charge on any atom is -0.467 e. The Hall–Kier alpha value is -1.10. The van der Waals surface area contributed by atoms with E-state index in [1.165, 1.54) is 7.11 Å². The van der Waals surface area contributed by atoms with Crippen LogP contribution in [0.5, 0.6) is 0 Å². The summed E-state index contributed by atoms with van der Waals surface area (Å²) < 4.78 is 10.1. The highest BCUT2D eigenvalue weighted by Gasteiger charge is 2.38. The highest BCUT2D eigenvalue weighted by molar-refractivity contribution is 5.88. The number of methoxy groups -OCH3 is 1. The van der Waals surface area contributed by atoms with Gasteiger partial charge in [-0.25, -0.2) is 4.79 Å². The van der Waals surface area contributed by atoms with Crippen molar-refractivity contribution >= 4 is 11.9 Å². The van der Waals surface area contributed by atoms with E-state index in [9.17, 15) is 9.59 Å². The lowest BCUT2D eigenvalue weighted by atomic mass is 9.94. The van der Waals surface area contributed by atoms with Crippen LogP contribution in [0.2, 0.25) is 0 Å². The molecule has 1 heterocycles. The predicted octanol–water partition coefficient (Wildman–Crippen LogP) is 1.26. The van der Waals surface area contributed by atoms with Gasteiger partial charge in [0.15, 0.2) is 0 Å². The summed E-state index contributed by atoms with van der Waals surface area (Å²) >= 11 is 0. The molecule has 5 nitrogen and oxygen atoms in total. The van der Waals surface area contributed by atoms with Gasteiger partial charge in [0.05, 0.1) is 25.7 Å². The van der Waals surface area contributed by atoms with E-state index in [1.807, 2.05) is 13.8 Å². The molecule has 0 aliphatic carbocycles. The maximum Gasteiger partial charge on any atom is 0.331 e. The van der Waals surface area contributed by atoms with Gasteiger partial charge in [0.1, 0.15) is 5.54 Å². The fourth-order valence-corrected chi connectivity index (χ4v) is 2.31. The molecule has 18 heavy (non-hydrogen) atoms. The van der Waals surface area contributed by atoms with Crippen LogP contribution in [-0.4, -0.2) is 37.2 Å². The molecule has 0 radical (unpaired) electrons. The van der Waals surface area contributed by atoms with Crippen LogP contribution in [0, 0.1) is 5.92 Å². The molecule has 3 atom stereocenters. The molecule has 0 spiro atoms. The Morgan fingerprint density at radius 3 is 2.61 bits per heavy atom. The van der Waals surface area contributed by atoms with E-state index in [4.69, 9.17) is 9.47 Å². The molecule has 5 heteroatoms. The Bertz CT molecular complexity index is 318. The maximum atomic E-state index is 12.1. The first kappa shape index (κ1) is 15.0. The third-order valence-electron chi connectivity index (χ3n) is 3.35. The molecule has 0 aromatic heterocycles. The van der Waals surface area contributed by atoms with Gasteiger partial charge in [-0.2, -0.15) is 0 Å². The monoisotopic (exact) mass is 257 g/mol. The summed E-state index contributed by atoms with van der Waals surface area (Å²) in [7, 11) is 1.34. The van der Waals surface area contributed by atoms with Gasteiger partial charge in [-0.1, -0.05) is 13.3 Å². The molecule has 0 aromatic rings. The van der Waals surface area contributed by atoms with Crippen LogP contribution in [0.25, 0.3) is 0 Å². The van der Waals surface area contributed by atoms with Gasteiger partial charge in [0.25, 0.3) is 0 Å². The standard InChI is InChI=1S/C13H23NO4/c1-5-6-13(3,12(16)17-4)14-11(15)10-7-9(2)18-8-10/h9-10H,5-8H2,1-4H3,(H,14,15). The van der Waals surface area contributed by atoms with Gasteiger partial charge >= 0.3 is 5.97 Å². The van der Waals surface area contributed by atoms with E-state index in [0.717, 1.165) is 6.42 Å². The Morgan fingerprint density at radius 2 is 2.17 bits per heavy atom. The first-order chi connectivity index (χ1) is 8.42. The van der Waals surface area contributed by atoms with Gasteiger partial charge in [-0.05, 0) is 26.7 Å². The topological polar surface area (TPSA) is 64.6 Å². The molecule has 0 saturated carbocycles. The van der Waals surface area contributed by atoms with Crippen molar-refractivity contribution in [2.24, 2.45) is 5.92 Å². The number of nitrogens with one attached hydrogen (secondary N) is 1. The highest BCUT2D eigenvalue weighted by Crippen LogP contribution is 2.21. The fraction of sp³-hybridized carbons (Fsp3) is 0.846. The zero-order valence-electron chi connectivity index (χ0n) is 11.6. The van der Waals surface area contributed by atoms with Gasteiger partial charge in [0.2, 0.25) is 5.91 Å². The van der Waals surface area contributed by atoms with Crippen molar-refractivity contribution in [1.82, 2.24) is 5.32 Å². The lowest BCUT2D eigenvalue weighted by molar-refractivity contribution is -0.151. The Labute approximate surface area is 108 Å². The zero-order chi connectivity index (χ0) is 13.8. The van der Waals surface area contributed by atoms with Crippen LogP contribution in [0.15, 0.2) is 0 Å². The molecule has 1 fully saturated rings. The number of amides is 1. The number of hydrogen-bond donors (Lipinski definition) is 1. The highest BCUT2D eigenvalue weighted by atomic mass is 16.5. The normalized spacial score (nSPS) is 26.4. The number of hydrogen-bond acceptors (Lipinski definition) is 4. The van der Waals surface area contributed by atoms with E-state index in [2.05, 4.69) is 5.32 Å². The van der Waals surface area contributed by atoms with E-state index >= 15 is 0 Å². The molecule has 1 rings (SSSR count). The summed E-state index contributed by atoms with van der Waals surface area (Å²) in [5, 5.41) is 2.81. The summed E-state index contributed by atoms with van der Waals surface area (Å²) in [6.45, 7) is 6.04.